The van der Waals surface area contributed by atoms with Gasteiger partial charge in [-0.05, 0) is 18.6 Å². The van der Waals surface area contributed by atoms with Crippen LogP contribution in [0.15, 0.2) is 36.5 Å². The zero-order valence-corrected chi connectivity index (χ0v) is 17.0. The highest BCUT2D eigenvalue weighted by atomic mass is 32.1. The smallest absolute Gasteiger partial charge is 0.426 e. The minimum absolute atomic E-state index is 0.217. The average Bonchev–Trinajstić information content (AvgIpc) is 2.99. The number of hydrogen-bond acceptors (Lipinski definition) is 8. The van der Waals surface area contributed by atoms with E-state index in [0.717, 1.165) is 4.57 Å². The van der Waals surface area contributed by atoms with Gasteiger partial charge in [-0.1, -0.05) is 30.4 Å². The Morgan fingerprint density at radius 1 is 1.10 bits per heavy atom. The van der Waals surface area contributed by atoms with Crippen LogP contribution in [0.2, 0.25) is 0 Å². The number of carbonyl (C=O) groups is 3. The quantitative estimate of drug-likeness (QED) is 0.240. The van der Waals surface area contributed by atoms with Crippen LogP contribution in [-0.4, -0.2) is 67.3 Å². The summed E-state index contributed by atoms with van der Waals surface area (Å²) in [5, 5.41) is 0. The molecule has 0 radical (unpaired) electrons. The maximum absolute atomic E-state index is 12.8. The summed E-state index contributed by atoms with van der Waals surface area (Å²) in [5.74, 6) is -1.79. The maximum Gasteiger partial charge on any atom is 0.426 e. The van der Waals surface area contributed by atoms with Gasteiger partial charge in [0.25, 0.3) is 0 Å². The first-order chi connectivity index (χ1) is 13.9. The number of amides is 1. The number of fused-ring (bicyclic) bond motifs is 2. The Labute approximate surface area is 172 Å². The van der Waals surface area contributed by atoms with Gasteiger partial charge in [0.2, 0.25) is 0 Å². The van der Waals surface area contributed by atoms with E-state index in [2.05, 4.69) is 0 Å². The van der Waals surface area contributed by atoms with Gasteiger partial charge in [-0.25, -0.2) is 14.2 Å². The number of ether oxygens (including phenoxy) is 4. The Kier molecular flexibility index (Phi) is 6.46. The molecule has 2 aliphatic rings. The molecule has 1 amide bonds. The summed E-state index contributed by atoms with van der Waals surface area (Å²) in [7, 11) is 4.27. The van der Waals surface area contributed by atoms with E-state index in [1.807, 2.05) is 6.08 Å². The van der Waals surface area contributed by atoms with Crippen molar-refractivity contribution >= 4 is 30.4 Å². The van der Waals surface area contributed by atoms with Crippen LogP contribution in [0.4, 0.5) is 9.59 Å². The fourth-order valence-electron chi connectivity index (χ4n) is 3.94. The third-order valence-electron chi connectivity index (χ3n) is 5.24. The number of aromatic nitrogens is 1. The van der Waals surface area contributed by atoms with Crippen molar-refractivity contribution in [3.63, 3.8) is 0 Å². The van der Waals surface area contributed by atoms with Crippen molar-refractivity contribution in [2.45, 2.75) is 24.8 Å². The number of rotatable bonds is 4. The molecule has 1 aromatic heterocycles. The molecule has 0 N–H and O–H groups in total. The molecule has 2 aliphatic heterocycles. The first-order valence-corrected chi connectivity index (χ1v) is 9.37. The van der Waals surface area contributed by atoms with Gasteiger partial charge in [-0.15, -0.1) is 0 Å². The second-order valence-corrected chi connectivity index (χ2v) is 7.09. The summed E-state index contributed by atoms with van der Waals surface area (Å²) in [6.07, 6.45) is 3.20. The summed E-state index contributed by atoms with van der Waals surface area (Å²) in [6.45, 7) is 0. The van der Waals surface area contributed by atoms with Crippen molar-refractivity contribution in [3.8, 4) is 0 Å². The van der Waals surface area contributed by atoms with E-state index >= 15 is 0 Å². The lowest BCUT2D eigenvalue weighted by Gasteiger charge is -2.37. The summed E-state index contributed by atoms with van der Waals surface area (Å²) in [5.41, 5.74) is 0. The normalized spacial score (nSPS) is 25.2. The van der Waals surface area contributed by atoms with E-state index in [0.29, 0.717) is 0 Å². The second kappa shape index (κ2) is 8.85. The van der Waals surface area contributed by atoms with Crippen LogP contribution in [0.5, 0.6) is 0 Å². The molecular weight excluding hydrogens is 400 g/mol. The Bertz CT molecular complexity index is 879. The largest absolute Gasteiger partial charge is 0.453 e. The summed E-state index contributed by atoms with van der Waals surface area (Å²) >= 11 is 5.07. The number of hydrogen-bond donors (Lipinski definition) is 0. The Balaban J connectivity index is 1.82. The average molecular weight is 422 g/mol. The first kappa shape index (κ1) is 21.2. The lowest BCUT2D eigenvalue weighted by atomic mass is 9.94. The van der Waals surface area contributed by atoms with Gasteiger partial charge in [0, 0.05) is 32.4 Å². The predicted molar refractivity (Wildman–Crippen MR) is 103 cm³/mol. The molecule has 0 saturated carbocycles. The second-order valence-electron chi connectivity index (χ2n) is 6.68. The van der Waals surface area contributed by atoms with Gasteiger partial charge in [-0.2, -0.15) is 0 Å². The maximum atomic E-state index is 12.8. The van der Waals surface area contributed by atoms with E-state index < -0.39 is 42.4 Å². The Hall–Kier alpha value is -2.56. The molecule has 4 atom stereocenters. The minimum atomic E-state index is -0.890. The van der Waals surface area contributed by atoms with Crippen molar-refractivity contribution in [1.82, 2.24) is 9.47 Å². The Morgan fingerprint density at radius 2 is 1.83 bits per heavy atom. The predicted octanol–water partition coefficient (Wildman–Crippen LogP) is 2.36. The van der Waals surface area contributed by atoms with E-state index in [9.17, 15) is 14.4 Å². The molecule has 1 saturated heterocycles. The molecule has 0 spiro atoms. The van der Waals surface area contributed by atoms with E-state index in [1.54, 1.807) is 24.3 Å². The molecule has 0 aliphatic carbocycles. The lowest BCUT2D eigenvalue weighted by molar-refractivity contribution is -0.142. The van der Waals surface area contributed by atoms with Crippen molar-refractivity contribution < 1.29 is 33.3 Å². The lowest BCUT2D eigenvalue weighted by Crippen LogP contribution is -2.50. The van der Waals surface area contributed by atoms with Crippen LogP contribution in [0, 0.1) is 16.5 Å². The summed E-state index contributed by atoms with van der Waals surface area (Å²) in [6, 6.07) is 3.82. The van der Waals surface area contributed by atoms with Crippen molar-refractivity contribution in [2.75, 3.05) is 21.3 Å². The highest BCUT2D eigenvalue weighted by molar-refractivity contribution is 7.71. The molecule has 156 valence electrons. The van der Waals surface area contributed by atoms with E-state index in [4.69, 9.17) is 31.2 Å². The molecule has 3 rings (SSSR count). The highest BCUT2D eigenvalue weighted by Crippen LogP contribution is 2.41. The van der Waals surface area contributed by atoms with E-state index in [1.165, 1.54) is 32.4 Å². The highest BCUT2D eigenvalue weighted by Gasteiger charge is 2.53. The molecule has 3 heterocycles. The molecule has 1 aromatic rings. The fourth-order valence-corrected chi connectivity index (χ4v) is 4.15. The Morgan fingerprint density at radius 3 is 2.45 bits per heavy atom. The van der Waals surface area contributed by atoms with Crippen LogP contribution < -0.4 is 0 Å². The molecule has 29 heavy (non-hydrogen) atoms. The fraction of sp³-hybridized carbons (Fsp3) is 0.474. The molecule has 9 nitrogen and oxygen atoms in total. The number of esters is 1. The number of nitrogens with zero attached hydrogens (tertiary/aromatic N) is 2. The number of pyridine rings is 1. The zero-order chi connectivity index (χ0) is 21.1. The summed E-state index contributed by atoms with van der Waals surface area (Å²) < 4.78 is 21.9. The van der Waals surface area contributed by atoms with Gasteiger partial charge in [-0.3, -0.25) is 9.69 Å². The monoisotopic (exact) mass is 422 g/mol. The van der Waals surface area contributed by atoms with Crippen LogP contribution in [0.25, 0.3) is 0 Å². The van der Waals surface area contributed by atoms with Crippen LogP contribution in [0.3, 0.4) is 0 Å². The van der Waals surface area contributed by atoms with Gasteiger partial charge in [0.15, 0.2) is 6.29 Å². The van der Waals surface area contributed by atoms with Gasteiger partial charge < -0.3 is 18.9 Å². The van der Waals surface area contributed by atoms with Gasteiger partial charge in [0.1, 0.15) is 4.64 Å². The van der Waals surface area contributed by atoms with Gasteiger partial charge >= 0.3 is 18.2 Å². The van der Waals surface area contributed by atoms with E-state index in [-0.39, 0.29) is 17.0 Å². The first-order valence-electron chi connectivity index (χ1n) is 8.96. The topological polar surface area (TPSA) is 96.3 Å². The molecule has 2 bridgehead atoms. The molecule has 10 heteroatoms. The minimum Gasteiger partial charge on any atom is -0.453 e. The van der Waals surface area contributed by atoms with Crippen LogP contribution in [-0.2, 0) is 23.7 Å². The standard InChI is InChI=1S/C19H22N2O7S/c1-25-17(26-2)11-7-8-13-12(10-14(11)21(13)19(24)27-3)16(22)28-18(23)20-9-5-4-6-15(20)29/h4-9,11-14,17H,10H2,1-3H3/t11-,12+,13+,14+/m1/s1. The van der Waals surface area contributed by atoms with Crippen molar-refractivity contribution in [2.24, 2.45) is 11.8 Å². The molecule has 0 unspecified atom stereocenters. The molecular formula is C19H22N2O7S. The van der Waals surface area contributed by atoms with Crippen molar-refractivity contribution in [3.05, 3.63) is 41.2 Å². The zero-order valence-electron chi connectivity index (χ0n) is 16.2. The third-order valence-corrected chi connectivity index (χ3v) is 5.57. The number of methoxy groups -OCH3 is 3. The third kappa shape index (κ3) is 3.96. The van der Waals surface area contributed by atoms with Gasteiger partial charge in [0.05, 0.1) is 19.1 Å². The van der Waals surface area contributed by atoms with Crippen molar-refractivity contribution in [1.29, 1.82) is 0 Å². The molecule has 0 aromatic carbocycles. The SMILES string of the molecule is COC(=O)N1[C@H]2C=C[C@@H](C(OC)OC)[C@@H]1C[C@@H]2C(=O)OC(=O)n1ccccc1=S. The molecule has 1 fully saturated rings. The van der Waals surface area contributed by atoms with Crippen LogP contribution >= 0.6 is 12.2 Å². The van der Waals surface area contributed by atoms with Crippen LogP contribution in [0.1, 0.15) is 6.42 Å². The number of carbonyl (C=O) groups excluding carboxylic acids is 3. The summed E-state index contributed by atoms with van der Waals surface area (Å²) in [4.78, 5) is 39.0.